The van der Waals surface area contributed by atoms with Crippen LogP contribution < -0.4 is 10.7 Å². The predicted molar refractivity (Wildman–Crippen MR) is 134 cm³/mol. The van der Waals surface area contributed by atoms with Crippen molar-refractivity contribution in [1.29, 1.82) is 0 Å². The number of benzene rings is 4. The minimum atomic E-state index is -0.740. The van der Waals surface area contributed by atoms with E-state index in [1.165, 1.54) is 10.6 Å². The van der Waals surface area contributed by atoms with E-state index in [1.807, 2.05) is 89.8 Å². The number of amides is 1. The van der Waals surface area contributed by atoms with E-state index in [-0.39, 0.29) is 17.7 Å². The summed E-state index contributed by atoms with van der Waals surface area (Å²) in [5.41, 5.74) is 4.76. The summed E-state index contributed by atoms with van der Waals surface area (Å²) in [7, 11) is 1.58. The molecule has 0 saturated carbocycles. The molecular weight excluding hydrogens is 440 g/mol. The van der Waals surface area contributed by atoms with Crippen LogP contribution in [-0.2, 0) is 11.8 Å². The third kappa shape index (κ3) is 3.26. The van der Waals surface area contributed by atoms with Gasteiger partial charge in [0, 0.05) is 24.4 Å². The lowest BCUT2D eigenvalue weighted by Gasteiger charge is -2.30. The zero-order valence-corrected chi connectivity index (χ0v) is 19.0. The number of rotatable bonds is 4. The van der Waals surface area contributed by atoms with Gasteiger partial charge in [-0.3, -0.25) is 14.3 Å². The second-order valence-electron chi connectivity index (χ2n) is 8.73. The minimum absolute atomic E-state index is 0.0557. The molecule has 6 rings (SSSR count). The number of aromatic hydroxyl groups is 1. The van der Waals surface area contributed by atoms with E-state index in [9.17, 15) is 14.7 Å². The molecule has 0 saturated heterocycles. The molecular formula is C29H22N2O4. The molecule has 172 valence electrons. The number of aromatic nitrogens is 1. The highest BCUT2D eigenvalue weighted by Gasteiger charge is 2.43. The lowest BCUT2D eigenvalue weighted by atomic mass is 9.91. The van der Waals surface area contributed by atoms with Crippen molar-refractivity contribution in [2.45, 2.75) is 12.0 Å². The summed E-state index contributed by atoms with van der Waals surface area (Å²) in [5, 5.41) is 11.0. The summed E-state index contributed by atoms with van der Waals surface area (Å²) in [6, 6.07) is 30.2. The molecule has 35 heavy (non-hydrogen) atoms. The van der Waals surface area contributed by atoms with E-state index in [0.29, 0.717) is 16.7 Å². The van der Waals surface area contributed by atoms with Crippen molar-refractivity contribution >= 4 is 22.7 Å². The molecule has 5 aromatic rings. The molecule has 4 aromatic carbocycles. The van der Waals surface area contributed by atoms with Crippen LogP contribution in [0.4, 0.5) is 5.69 Å². The highest BCUT2D eigenvalue weighted by atomic mass is 16.4. The molecule has 2 heterocycles. The number of phenols is 1. The van der Waals surface area contributed by atoms with Crippen molar-refractivity contribution in [2.24, 2.45) is 7.05 Å². The van der Waals surface area contributed by atoms with Gasteiger partial charge in [-0.15, -0.1) is 0 Å². The van der Waals surface area contributed by atoms with Crippen LogP contribution in [0, 0.1) is 0 Å². The molecule has 1 aliphatic heterocycles. The van der Waals surface area contributed by atoms with Crippen LogP contribution in [0.3, 0.4) is 0 Å². The Morgan fingerprint density at radius 1 is 0.800 bits per heavy atom. The standard InChI is InChI=1S/C29H22N2O4/c1-30-23-17-24(32)21(16-25(23)35-29(30)34)26-20-14-8-9-15-22(20)31(28(26)33)27(18-10-4-2-5-11-18)19-12-6-3-7-13-19/h2-17,26-27,32H,1H3. The molecule has 1 N–H and O–H groups in total. The molecule has 1 atom stereocenters. The maximum atomic E-state index is 14.2. The quantitative estimate of drug-likeness (QED) is 0.403. The zero-order chi connectivity index (χ0) is 24.1. The van der Waals surface area contributed by atoms with Crippen molar-refractivity contribution in [2.75, 3.05) is 4.90 Å². The van der Waals surface area contributed by atoms with Gasteiger partial charge in [0.15, 0.2) is 5.58 Å². The number of carbonyl (C=O) groups excluding carboxylic acids is 1. The molecule has 6 heteroatoms. The Balaban J connectivity index is 1.56. The Bertz CT molecular complexity index is 1580. The fraction of sp³-hybridized carbons (Fsp3) is 0.103. The summed E-state index contributed by atoms with van der Waals surface area (Å²) < 4.78 is 6.69. The van der Waals surface area contributed by atoms with Crippen molar-refractivity contribution < 1.29 is 14.3 Å². The Hall–Kier alpha value is -4.58. The van der Waals surface area contributed by atoms with Gasteiger partial charge in [0.05, 0.1) is 17.5 Å². The number of hydrogen-bond acceptors (Lipinski definition) is 4. The summed E-state index contributed by atoms with van der Waals surface area (Å²) in [5.74, 6) is -1.47. The molecule has 1 unspecified atom stereocenters. The Kier molecular flexibility index (Phi) is 4.81. The van der Waals surface area contributed by atoms with Gasteiger partial charge in [0.1, 0.15) is 5.75 Å². The van der Waals surface area contributed by atoms with Crippen LogP contribution in [0.2, 0.25) is 0 Å². The Morgan fingerprint density at radius 3 is 2.06 bits per heavy atom. The van der Waals surface area contributed by atoms with Gasteiger partial charge in [-0.1, -0.05) is 78.9 Å². The number of para-hydroxylation sites is 1. The second-order valence-corrected chi connectivity index (χ2v) is 8.73. The predicted octanol–water partition coefficient (Wildman–Crippen LogP) is 5.11. The van der Waals surface area contributed by atoms with Gasteiger partial charge in [-0.05, 0) is 28.8 Å². The van der Waals surface area contributed by atoms with Crippen molar-refractivity contribution in [3.8, 4) is 5.75 Å². The Labute approximate surface area is 201 Å². The number of aryl methyl sites for hydroxylation is 1. The maximum absolute atomic E-state index is 14.2. The van der Waals surface area contributed by atoms with E-state index < -0.39 is 11.7 Å². The SMILES string of the molecule is Cn1c(=O)oc2cc(C3C(=O)N(C(c4ccccc4)c4ccccc4)c4ccccc43)c(O)cc21. The van der Waals surface area contributed by atoms with Gasteiger partial charge in [-0.25, -0.2) is 4.79 Å². The first-order chi connectivity index (χ1) is 17.0. The highest BCUT2D eigenvalue weighted by molar-refractivity contribution is 6.08. The monoisotopic (exact) mass is 462 g/mol. The van der Waals surface area contributed by atoms with Crippen LogP contribution in [0.1, 0.15) is 34.2 Å². The smallest absolute Gasteiger partial charge is 0.419 e. The summed E-state index contributed by atoms with van der Waals surface area (Å²) in [6.07, 6.45) is 0. The fourth-order valence-corrected chi connectivity index (χ4v) is 5.08. The highest BCUT2D eigenvalue weighted by Crippen LogP contribution is 2.48. The van der Waals surface area contributed by atoms with Crippen LogP contribution in [0.25, 0.3) is 11.1 Å². The van der Waals surface area contributed by atoms with Crippen LogP contribution >= 0.6 is 0 Å². The number of carbonyl (C=O) groups is 1. The van der Waals surface area contributed by atoms with E-state index in [2.05, 4.69) is 0 Å². The molecule has 6 nitrogen and oxygen atoms in total. The molecule has 0 spiro atoms. The van der Waals surface area contributed by atoms with E-state index in [0.717, 1.165) is 22.4 Å². The number of phenolic OH excluding ortho intramolecular Hbond substituents is 1. The number of fused-ring (bicyclic) bond motifs is 2. The third-order valence-electron chi connectivity index (χ3n) is 6.73. The summed E-state index contributed by atoms with van der Waals surface area (Å²) >= 11 is 0. The number of oxazole rings is 1. The average Bonchev–Trinajstić information content (AvgIpc) is 3.32. The average molecular weight is 463 g/mol. The van der Waals surface area contributed by atoms with Gasteiger partial charge in [-0.2, -0.15) is 0 Å². The van der Waals surface area contributed by atoms with Gasteiger partial charge in [0.2, 0.25) is 5.91 Å². The summed E-state index contributed by atoms with van der Waals surface area (Å²) in [6.45, 7) is 0. The topological polar surface area (TPSA) is 75.7 Å². The number of nitrogens with zero attached hydrogens (tertiary/aromatic N) is 2. The number of anilines is 1. The molecule has 0 aliphatic carbocycles. The first kappa shape index (κ1) is 21.0. The maximum Gasteiger partial charge on any atom is 0.419 e. The molecule has 0 fully saturated rings. The van der Waals surface area contributed by atoms with Crippen molar-refractivity contribution in [3.05, 3.63) is 130 Å². The zero-order valence-electron chi connectivity index (χ0n) is 19.0. The largest absolute Gasteiger partial charge is 0.508 e. The van der Waals surface area contributed by atoms with E-state index in [1.54, 1.807) is 13.1 Å². The fourth-order valence-electron chi connectivity index (χ4n) is 5.08. The van der Waals surface area contributed by atoms with Crippen LogP contribution in [0.15, 0.2) is 106 Å². The van der Waals surface area contributed by atoms with E-state index >= 15 is 0 Å². The second kappa shape index (κ2) is 8.02. The molecule has 0 bridgehead atoms. The summed E-state index contributed by atoms with van der Waals surface area (Å²) in [4.78, 5) is 28.1. The lowest BCUT2D eigenvalue weighted by Crippen LogP contribution is -2.34. The van der Waals surface area contributed by atoms with Gasteiger partial charge in [0.25, 0.3) is 0 Å². The van der Waals surface area contributed by atoms with Crippen molar-refractivity contribution in [3.63, 3.8) is 0 Å². The van der Waals surface area contributed by atoms with E-state index in [4.69, 9.17) is 4.42 Å². The number of hydrogen-bond donors (Lipinski definition) is 1. The normalized spacial score (nSPS) is 15.2. The van der Waals surface area contributed by atoms with Gasteiger partial charge >= 0.3 is 5.76 Å². The van der Waals surface area contributed by atoms with Crippen molar-refractivity contribution in [1.82, 2.24) is 4.57 Å². The lowest BCUT2D eigenvalue weighted by molar-refractivity contribution is -0.118. The van der Waals surface area contributed by atoms with Crippen LogP contribution in [0.5, 0.6) is 5.75 Å². The minimum Gasteiger partial charge on any atom is -0.508 e. The van der Waals surface area contributed by atoms with Crippen LogP contribution in [-0.4, -0.2) is 15.6 Å². The first-order valence-electron chi connectivity index (χ1n) is 11.4. The molecule has 1 aliphatic rings. The third-order valence-corrected chi connectivity index (χ3v) is 6.73. The molecule has 1 aromatic heterocycles. The van der Waals surface area contributed by atoms with Gasteiger partial charge < -0.3 is 9.52 Å². The Morgan fingerprint density at radius 2 is 1.40 bits per heavy atom. The molecule has 1 amide bonds. The first-order valence-corrected chi connectivity index (χ1v) is 11.4. The molecule has 0 radical (unpaired) electrons.